The van der Waals surface area contributed by atoms with Crippen molar-refractivity contribution in [2.24, 2.45) is 0 Å². The molecule has 6 aromatic rings. The number of benzene rings is 2. The second-order valence-electron chi connectivity index (χ2n) is 14.1. The Morgan fingerprint density at radius 3 is 2.66 bits per heavy atom. The fourth-order valence-electron chi connectivity index (χ4n) is 7.86. The van der Waals surface area contributed by atoms with Crippen molar-refractivity contribution in [3.05, 3.63) is 123 Å². The van der Waals surface area contributed by atoms with Crippen LogP contribution >= 0.6 is 0 Å². The summed E-state index contributed by atoms with van der Waals surface area (Å²) in [7, 11) is 0. The van der Waals surface area contributed by atoms with Crippen LogP contribution in [-0.4, -0.2) is 65.1 Å². The van der Waals surface area contributed by atoms with Gasteiger partial charge in [0.15, 0.2) is 5.65 Å². The van der Waals surface area contributed by atoms with Crippen molar-refractivity contribution in [2.75, 3.05) is 19.6 Å². The minimum Gasteiger partial charge on any atom is -0.508 e. The van der Waals surface area contributed by atoms with Gasteiger partial charge in [0.05, 0.1) is 29.5 Å². The predicted molar refractivity (Wildman–Crippen MR) is 200 cm³/mol. The number of hydrogen-bond acceptors (Lipinski definition) is 8. The maximum absolute atomic E-state index is 14.6. The highest BCUT2D eigenvalue weighted by Crippen LogP contribution is 2.31. The lowest BCUT2D eigenvalue weighted by Gasteiger charge is -2.30. The molecule has 0 atom stereocenters. The SMILES string of the molecule is Cc1cccc2nc(CN[C@H]3CC[C@@H](n4c(=O)c5cc(F)cnc5n(-c5cccc(-c6ccc(O)cc6CN6CCCNC(=O)C6)c5)c4=O)CC3)cn12. The van der Waals surface area contributed by atoms with Crippen molar-refractivity contribution in [3.63, 3.8) is 0 Å². The normalized spacial score (nSPS) is 18.3. The molecule has 1 aliphatic heterocycles. The number of amides is 1. The Labute approximate surface area is 304 Å². The van der Waals surface area contributed by atoms with E-state index in [1.165, 1.54) is 9.13 Å². The molecule has 8 rings (SSSR count). The fourth-order valence-corrected chi connectivity index (χ4v) is 7.86. The number of fused-ring (bicyclic) bond motifs is 2. The minimum atomic E-state index is -0.661. The van der Waals surface area contributed by atoms with E-state index in [9.17, 15) is 23.9 Å². The summed E-state index contributed by atoms with van der Waals surface area (Å²) in [5.74, 6) is -0.597. The highest BCUT2D eigenvalue weighted by Gasteiger charge is 2.28. The molecule has 5 heterocycles. The number of rotatable bonds is 8. The quantitative estimate of drug-likeness (QED) is 0.208. The number of pyridine rings is 2. The van der Waals surface area contributed by atoms with E-state index in [2.05, 4.69) is 20.0 Å². The van der Waals surface area contributed by atoms with Crippen LogP contribution in [0.15, 0.2) is 88.7 Å². The van der Waals surface area contributed by atoms with Gasteiger partial charge in [0, 0.05) is 50.2 Å². The molecule has 1 amide bonds. The van der Waals surface area contributed by atoms with Gasteiger partial charge in [-0.15, -0.1) is 0 Å². The number of phenols is 1. The molecule has 2 aromatic carbocycles. The smallest absolute Gasteiger partial charge is 0.337 e. The molecule has 2 aliphatic rings. The summed E-state index contributed by atoms with van der Waals surface area (Å²) in [5.41, 5.74) is 4.83. The highest BCUT2D eigenvalue weighted by molar-refractivity contribution is 5.79. The molecule has 12 nitrogen and oxygen atoms in total. The zero-order valence-corrected chi connectivity index (χ0v) is 29.5. The molecular formula is C40H41FN8O4. The molecule has 1 saturated carbocycles. The van der Waals surface area contributed by atoms with Crippen molar-refractivity contribution in [3.8, 4) is 22.6 Å². The number of hydrogen-bond donors (Lipinski definition) is 3. The number of halogens is 1. The maximum Gasteiger partial charge on any atom is 0.337 e. The van der Waals surface area contributed by atoms with Crippen molar-refractivity contribution in [2.45, 2.75) is 64.2 Å². The van der Waals surface area contributed by atoms with Crippen molar-refractivity contribution >= 4 is 22.6 Å². The third-order valence-corrected chi connectivity index (χ3v) is 10.5. The summed E-state index contributed by atoms with van der Waals surface area (Å²) < 4.78 is 19.4. The summed E-state index contributed by atoms with van der Waals surface area (Å²) in [4.78, 5) is 51.7. The topological polar surface area (TPSA) is 139 Å². The molecular weight excluding hydrogens is 675 g/mol. The van der Waals surface area contributed by atoms with Crippen LogP contribution < -0.4 is 21.9 Å². The van der Waals surface area contributed by atoms with Gasteiger partial charge >= 0.3 is 5.69 Å². The van der Waals surface area contributed by atoms with Gasteiger partial charge in [-0.1, -0.05) is 24.3 Å². The van der Waals surface area contributed by atoms with E-state index in [0.29, 0.717) is 38.2 Å². The number of imidazole rings is 1. The fraction of sp³-hybridized carbons (Fsp3) is 0.325. The second-order valence-corrected chi connectivity index (χ2v) is 14.1. The van der Waals surface area contributed by atoms with Gasteiger partial charge in [-0.3, -0.25) is 19.1 Å². The Balaban J connectivity index is 1.09. The standard InChI is InChI=1S/C40H41FN8O4/c1-25-5-2-8-36-45-30(23-47(25)36)21-43-29-9-11-31(12-10-29)49-39(52)35-19-28(41)20-44-38(35)48(40(49)53)32-7-3-6-26(17-32)34-14-13-33(50)18-27(34)22-46-16-4-15-42-37(51)24-46/h2-3,5-8,13-14,17-20,23,29,31,43,50H,4,9-12,15-16,21-22,24H2,1H3,(H,42,51)/t29-,31+. The molecule has 53 heavy (non-hydrogen) atoms. The van der Waals surface area contributed by atoms with Gasteiger partial charge < -0.3 is 20.1 Å². The molecule has 1 aliphatic carbocycles. The average Bonchev–Trinajstić information content (AvgIpc) is 3.47. The lowest BCUT2D eigenvalue weighted by molar-refractivity contribution is -0.121. The van der Waals surface area contributed by atoms with E-state index < -0.39 is 17.1 Å². The summed E-state index contributed by atoms with van der Waals surface area (Å²) >= 11 is 0. The first-order chi connectivity index (χ1) is 25.7. The molecule has 0 unspecified atom stereocenters. The predicted octanol–water partition coefficient (Wildman–Crippen LogP) is 4.61. The van der Waals surface area contributed by atoms with Crippen LogP contribution in [-0.2, 0) is 17.9 Å². The zero-order chi connectivity index (χ0) is 36.6. The van der Waals surface area contributed by atoms with E-state index in [1.807, 2.05) is 60.5 Å². The number of phenolic OH excluding ortho intramolecular Hbond substituents is 1. The number of aromatic nitrogens is 5. The van der Waals surface area contributed by atoms with Gasteiger partial charge in [0.1, 0.15) is 17.2 Å². The van der Waals surface area contributed by atoms with Crippen molar-refractivity contribution in [1.82, 2.24) is 39.0 Å². The van der Waals surface area contributed by atoms with Crippen LogP contribution in [0.2, 0.25) is 0 Å². The minimum absolute atomic E-state index is 0.0298. The average molecular weight is 717 g/mol. The first kappa shape index (κ1) is 34.4. The molecule has 0 radical (unpaired) electrons. The van der Waals surface area contributed by atoms with Gasteiger partial charge in [-0.05, 0) is 98.2 Å². The van der Waals surface area contributed by atoms with E-state index in [-0.39, 0.29) is 41.3 Å². The maximum atomic E-state index is 14.6. The monoisotopic (exact) mass is 716 g/mol. The summed E-state index contributed by atoms with van der Waals surface area (Å²) in [6.07, 6.45) is 6.56. The van der Waals surface area contributed by atoms with Gasteiger partial charge in [0.25, 0.3) is 5.56 Å². The van der Waals surface area contributed by atoms with E-state index in [0.717, 1.165) is 71.8 Å². The van der Waals surface area contributed by atoms with Crippen LogP contribution in [0.4, 0.5) is 4.39 Å². The molecule has 0 bridgehead atoms. The number of aromatic hydroxyl groups is 1. The number of nitrogens with one attached hydrogen (secondary N) is 2. The lowest BCUT2D eigenvalue weighted by Crippen LogP contribution is -2.44. The highest BCUT2D eigenvalue weighted by atomic mass is 19.1. The third kappa shape index (κ3) is 6.97. The molecule has 1 saturated heterocycles. The Hall–Kier alpha value is -5.66. The molecule has 3 N–H and O–H groups in total. The number of carbonyl (C=O) groups excluding carboxylic acids is 1. The van der Waals surface area contributed by atoms with Crippen molar-refractivity contribution in [1.29, 1.82) is 0 Å². The molecule has 272 valence electrons. The molecule has 0 spiro atoms. The first-order valence-corrected chi connectivity index (χ1v) is 18.1. The van der Waals surface area contributed by atoms with Gasteiger partial charge in [-0.2, -0.15) is 0 Å². The van der Waals surface area contributed by atoms with Gasteiger partial charge in [0.2, 0.25) is 5.91 Å². The van der Waals surface area contributed by atoms with Crippen molar-refractivity contribution < 1.29 is 14.3 Å². The van der Waals surface area contributed by atoms with E-state index >= 15 is 0 Å². The van der Waals surface area contributed by atoms with Crippen LogP contribution in [0.5, 0.6) is 5.75 Å². The summed E-state index contributed by atoms with van der Waals surface area (Å²) in [5, 5.41) is 17.0. The number of carbonyl (C=O) groups is 1. The van der Waals surface area contributed by atoms with Crippen LogP contribution in [0, 0.1) is 12.7 Å². The second kappa shape index (κ2) is 14.4. The lowest BCUT2D eigenvalue weighted by atomic mass is 9.91. The zero-order valence-electron chi connectivity index (χ0n) is 29.5. The van der Waals surface area contributed by atoms with Gasteiger partial charge in [-0.25, -0.2) is 23.7 Å². The number of nitrogens with zero attached hydrogens (tertiary/aromatic N) is 6. The number of aryl methyl sites for hydroxylation is 1. The first-order valence-electron chi connectivity index (χ1n) is 18.1. The van der Waals surface area contributed by atoms with E-state index in [1.54, 1.807) is 18.2 Å². The largest absolute Gasteiger partial charge is 0.508 e. The Bertz CT molecular complexity index is 2460. The van der Waals surface area contributed by atoms with Crippen LogP contribution in [0.3, 0.4) is 0 Å². The summed E-state index contributed by atoms with van der Waals surface area (Å²) in [6.45, 7) is 4.68. The Morgan fingerprint density at radius 2 is 1.83 bits per heavy atom. The van der Waals surface area contributed by atoms with Crippen LogP contribution in [0.1, 0.15) is 55.1 Å². The van der Waals surface area contributed by atoms with Crippen LogP contribution in [0.25, 0.3) is 33.5 Å². The molecule has 4 aromatic heterocycles. The third-order valence-electron chi connectivity index (χ3n) is 10.5. The summed E-state index contributed by atoms with van der Waals surface area (Å²) in [6, 6.07) is 19.5. The molecule has 13 heteroatoms. The Kier molecular flexibility index (Phi) is 9.35. The Morgan fingerprint density at radius 1 is 1.00 bits per heavy atom. The van der Waals surface area contributed by atoms with E-state index in [4.69, 9.17) is 4.98 Å². The molecule has 2 fully saturated rings.